The maximum absolute atomic E-state index is 4.75. The monoisotopic (exact) mass is 502 g/mol. The number of aryl methyl sites for hydroxylation is 1. The molecule has 150 valence electrons. The molecule has 0 saturated carbocycles. The van der Waals surface area contributed by atoms with Gasteiger partial charge in [-0.25, -0.2) is 0 Å². The number of rotatable bonds is 7. The summed E-state index contributed by atoms with van der Waals surface area (Å²) in [5.74, 6) is 3.57. The molecule has 3 rings (SSSR count). The van der Waals surface area contributed by atoms with Gasteiger partial charge in [0.05, 0.1) is 6.54 Å². The molecule has 27 heavy (non-hydrogen) atoms. The van der Waals surface area contributed by atoms with E-state index < -0.39 is 0 Å². The van der Waals surface area contributed by atoms with E-state index in [4.69, 9.17) is 4.99 Å². The van der Waals surface area contributed by atoms with Gasteiger partial charge in [-0.3, -0.25) is 4.99 Å². The highest BCUT2D eigenvalue weighted by molar-refractivity contribution is 14.0. The first kappa shape index (κ1) is 22.1. The zero-order valence-electron chi connectivity index (χ0n) is 16.3. The van der Waals surface area contributed by atoms with Gasteiger partial charge < -0.3 is 15.2 Å². The van der Waals surface area contributed by atoms with Crippen molar-refractivity contribution in [1.82, 2.24) is 25.4 Å². The van der Waals surface area contributed by atoms with Gasteiger partial charge in [-0.15, -0.1) is 45.5 Å². The lowest BCUT2D eigenvalue weighted by Gasteiger charge is -2.13. The first-order valence-electron chi connectivity index (χ1n) is 9.74. The van der Waals surface area contributed by atoms with E-state index in [0.29, 0.717) is 5.92 Å². The quantitative estimate of drug-likeness (QED) is 0.345. The van der Waals surface area contributed by atoms with Crippen LogP contribution in [0.4, 0.5) is 0 Å². The van der Waals surface area contributed by atoms with Crippen LogP contribution in [-0.2, 0) is 19.4 Å². The second-order valence-electron chi connectivity index (χ2n) is 6.81. The van der Waals surface area contributed by atoms with Crippen molar-refractivity contribution in [3.8, 4) is 0 Å². The van der Waals surface area contributed by atoms with Crippen LogP contribution >= 0.6 is 35.3 Å². The molecule has 1 aliphatic heterocycles. The predicted molar refractivity (Wildman–Crippen MR) is 123 cm³/mol. The third-order valence-electron chi connectivity index (χ3n) is 4.72. The number of thiophene rings is 1. The highest BCUT2D eigenvalue weighted by Gasteiger charge is 2.14. The molecule has 2 aromatic rings. The Morgan fingerprint density at radius 3 is 2.96 bits per heavy atom. The minimum atomic E-state index is 0. The number of fused-ring (bicyclic) bond motifs is 1. The number of nitrogens with zero attached hydrogens (tertiary/aromatic N) is 4. The van der Waals surface area contributed by atoms with Gasteiger partial charge in [0.25, 0.3) is 0 Å². The van der Waals surface area contributed by atoms with Crippen molar-refractivity contribution < 1.29 is 0 Å². The van der Waals surface area contributed by atoms with Crippen LogP contribution in [0.15, 0.2) is 22.5 Å². The molecule has 6 nitrogen and oxygen atoms in total. The van der Waals surface area contributed by atoms with Crippen LogP contribution < -0.4 is 10.6 Å². The maximum Gasteiger partial charge on any atom is 0.191 e. The van der Waals surface area contributed by atoms with Gasteiger partial charge >= 0.3 is 0 Å². The van der Waals surface area contributed by atoms with E-state index >= 15 is 0 Å². The molecule has 2 aromatic heterocycles. The van der Waals surface area contributed by atoms with Gasteiger partial charge in [0.2, 0.25) is 0 Å². The Balaban J connectivity index is 0.00000261. The van der Waals surface area contributed by atoms with Crippen molar-refractivity contribution in [2.24, 2.45) is 4.99 Å². The van der Waals surface area contributed by atoms with Gasteiger partial charge in [-0.2, -0.15) is 0 Å². The SMILES string of the molecule is CCNC(=NCC(C)c1cccs1)NCCc1nnc2n1CCCCC2.I. The Hall–Kier alpha value is -1.16. The van der Waals surface area contributed by atoms with Gasteiger partial charge in [-0.1, -0.05) is 19.4 Å². The van der Waals surface area contributed by atoms with Crippen molar-refractivity contribution >= 4 is 41.3 Å². The molecule has 1 atom stereocenters. The first-order valence-corrected chi connectivity index (χ1v) is 10.6. The van der Waals surface area contributed by atoms with Crippen LogP contribution in [0.2, 0.25) is 0 Å². The summed E-state index contributed by atoms with van der Waals surface area (Å²) in [6.07, 6.45) is 5.69. The lowest BCUT2D eigenvalue weighted by atomic mass is 10.1. The fourth-order valence-corrected chi connectivity index (χ4v) is 4.03. The summed E-state index contributed by atoms with van der Waals surface area (Å²) in [6.45, 7) is 7.85. The largest absolute Gasteiger partial charge is 0.357 e. The molecule has 0 saturated heterocycles. The Kier molecular flexibility index (Phi) is 9.53. The number of aromatic nitrogens is 3. The normalized spacial score (nSPS) is 15.4. The van der Waals surface area contributed by atoms with Crippen LogP contribution in [0.25, 0.3) is 0 Å². The minimum Gasteiger partial charge on any atom is -0.357 e. The lowest BCUT2D eigenvalue weighted by molar-refractivity contribution is 0.600. The molecule has 3 heterocycles. The van der Waals surface area contributed by atoms with Crippen molar-refractivity contribution in [2.45, 2.75) is 58.4 Å². The van der Waals surface area contributed by atoms with E-state index in [1.54, 1.807) is 11.3 Å². The molecule has 2 N–H and O–H groups in total. The van der Waals surface area contributed by atoms with E-state index in [1.807, 2.05) is 0 Å². The second kappa shape index (κ2) is 11.6. The molecule has 0 fully saturated rings. The average Bonchev–Trinajstić information content (AvgIpc) is 3.25. The molecule has 0 aliphatic carbocycles. The Labute approximate surface area is 183 Å². The number of halogens is 1. The van der Waals surface area contributed by atoms with Crippen molar-refractivity contribution in [1.29, 1.82) is 0 Å². The second-order valence-corrected chi connectivity index (χ2v) is 7.79. The molecule has 1 unspecified atom stereocenters. The average molecular weight is 502 g/mol. The summed E-state index contributed by atoms with van der Waals surface area (Å²) in [4.78, 5) is 6.13. The highest BCUT2D eigenvalue weighted by atomic mass is 127. The number of guanidine groups is 1. The smallest absolute Gasteiger partial charge is 0.191 e. The molecule has 1 aliphatic rings. The molecule has 0 spiro atoms. The fourth-order valence-electron chi connectivity index (χ4n) is 3.25. The number of nitrogens with one attached hydrogen (secondary N) is 2. The summed E-state index contributed by atoms with van der Waals surface area (Å²) >= 11 is 1.80. The molecular formula is C19H31IN6S. The van der Waals surface area contributed by atoms with Crippen LogP contribution in [0.3, 0.4) is 0 Å². The number of hydrogen-bond acceptors (Lipinski definition) is 4. The third-order valence-corrected chi connectivity index (χ3v) is 5.83. The third kappa shape index (κ3) is 6.44. The molecule has 0 bridgehead atoms. The van der Waals surface area contributed by atoms with Crippen LogP contribution in [0.5, 0.6) is 0 Å². The maximum atomic E-state index is 4.75. The van der Waals surface area contributed by atoms with Crippen molar-refractivity contribution in [3.63, 3.8) is 0 Å². The molecule has 0 radical (unpaired) electrons. The van der Waals surface area contributed by atoms with Crippen molar-refractivity contribution in [3.05, 3.63) is 34.0 Å². The summed E-state index contributed by atoms with van der Waals surface area (Å²) in [5.41, 5.74) is 0. The molecule has 0 aromatic carbocycles. The lowest BCUT2D eigenvalue weighted by Crippen LogP contribution is -2.38. The minimum absolute atomic E-state index is 0. The Morgan fingerprint density at radius 1 is 1.30 bits per heavy atom. The van der Waals surface area contributed by atoms with Gasteiger partial charge in [0.15, 0.2) is 5.96 Å². The van der Waals surface area contributed by atoms with Gasteiger partial charge in [-0.05, 0) is 31.2 Å². The molecular weight excluding hydrogens is 471 g/mol. The van der Waals surface area contributed by atoms with Crippen molar-refractivity contribution in [2.75, 3.05) is 19.6 Å². The Bertz CT molecular complexity index is 697. The topological polar surface area (TPSA) is 67.1 Å². The first-order chi connectivity index (χ1) is 12.8. The fraction of sp³-hybridized carbons (Fsp3) is 0.632. The molecule has 8 heteroatoms. The number of hydrogen-bond donors (Lipinski definition) is 2. The zero-order chi connectivity index (χ0) is 18.2. The van der Waals surface area contributed by atoms with E-state index in [1.165, 1.54) is 24.1 Å². The van der Waals surface area contributed by atoms with E-state index in [9.17, 15) is 0 Å². The van der Waals surface area contributed by atoms with Crippen LogP contribution in [0, 0.1) is 0 Å². The van der Waals surface area contributed by atoms with Gasteiger partial charge in [0.1, 0.15) is 11.6 Å². The highest BCUT2D eigenvalue weighted by Crippen LogP contribution is 2.20. The zero-order valence-corrected chi connectivity index (χ0v) is 19.4. The Morgan fingerprint density at radius 2 is 2.19 bits per heavy atom. The van der Waals surface area contributed by atoms with E-state index in [-0.39, 0.29) is 24.0 Å². The summed E-state index contributed by atoms with van der Waals surface area (Å²) in [7, 11) is 0. The van der Waals surface area contributed by atoms with E-state index in [2.05, 4.69) is 56.8 Å². The molecule has 0 amide bonds. The summed E-state index contributed by atoms with van der Waals surface area (Å²) in [6, 6.07) is 4.29. The van der Waals surface area contributed by atoms with Gasteiger partial charge in [0, 0.05) is 43.3 Å². The predicted octanol–water partition coefficient (Wildman–Crippen LogP) is 3.59. The standard InChI is InChI=1S/C19H30N6S.HI/c1-3-20-19(22-14-15(2)16-8-7-13-26-16)21-11-10-18-24-23-17-9-5-4-6-12-25(17)18;/h7-8,13,15H,3-6,9-12,14H2,1-2H3,(H2,20,21,22);1H. The summed E-state index contributed by atoms with van der Waals surface area (Å²) < 4.78 is 2.32. The van der Waals surface area contributed by atoms with E-state index in [0.717, 1.165) is 56.6 Å². The number of aliphatic imine (C=N–C) groups is 1. The summed E-state index contributed by atoms with van der Waals surface area (Å²) in [5, 5.41) is 17.7. The van der Waals surface area contributed by atoms with Crippen LogP contribution in [0.1, 0.15) is 55.6 Å². The van der Waals surface area contributed by atoms with Crippen LogP contribution in [-0.4, -0.2) is 40.4 Å².